The number of benzene rings is 1. The Hall–Kier alpha value is -1.84. The number of hydrogen-bond acceptors (Lipinski definition) is 2. The van der Waals surface area contributed by atoms with Crippen molar-refractivity contribution in [2.45, 2.75) is 32.1 Å². The van der Waals surface area contributed by atoms with Gasteiger partial charge < -0.3 is 11.5 Å². The minimum Gasteiger partial charge on any atom is -0.387 e. The zero-order chi connectivity index (χ0) is 13.0. The van der Waals surface area contributed by atoms with Crippen LogP contribution in [-0.2, 0) is 0 Å². The molecule has 18 heavy (non-hydrogen) atoms. The zero-order valence-electron chi connectivity index (χ0n) is 10.4. The highest BCUT2D eigenvalue weighted by Gasteiger charge is 2.16. The summed E-state index contributed by atoms with van der Waals surface area (Å²) < 4.78 is 0. The van der Waals surface area contributed by atoms with E-state index in [9.17, 15) is 4.79 Å². The lowest BCUT2D eigenvalue weighted by Crippen LogP contribution is -2.25. The third kappa shape index (κ3) is 3.09. The topological polar surface area (TPSA) is 81.5 Å². The number of primary amides is 1. The highest BCUT2D eigenvalue weighted by atomic mass is 16.1. The van der Waals surface area contributed by atoms with Crippen LogP contribution in [0.2, 0.25) is 0 Å². The second-order valence-electron chi connectivity index (χ2n) is 4.79. The Morgan fingerprint density at radius 1 is 1.17 bits per heavy atom. The number of amidine groups is 1. The maximum absolute atomic E-state index is 11.1. The average Bonchev–Trinajstić information content (AvgIpc) is 2.40. The van der Waals surface area contributed by atoms with E-state index in [1.165, 1.54) is 19.3 Å². The van der Waals surface area contributed by atoms with E-state index in [4.69, 9.17) is 11.5 Å². The van der Waals surface area contributed by atoms with Crippen LogP contribution in [0, 0.1) is 5.92 Å². The van der Waals surface area contributed by atoms with Crippen molar-refractivity contribution in [3.8, 4) is 0 Å². The molecule has 0 unspecified atom stereocenters. The fraction of sp³-hybridized carbons (Fsp3) is 0.429. The Morgan fingerprint density at radius 3 is 2.56 bits per heavy atom. The molecule has 2 rings (SSSR count). The molecular weight excluding hydrogens is 226 g/mol. The number of amides is 1. The van der Waals surface area contributed by atoms with Crippen molar-refractivity contribution in [3.05, 3.63) is 29.8 Å². The predicted molar refractivity (Wildman–Crippen MR) is 72.8 cm³/mol. The normalized spacial score (nSPS) is 17.7. The van der Waals surface area contributed by atoms with Gasteiger partial charge in [0.15, 0.2) is 0 Å². The fourth-order valence-electron chi connectivity index (χ4n) is 2.37. The number of nitrogens with two attached hydrogens (primary N) is 2. The van der Waals surface area contributed by atoms with Crippen molar-refractivity contribution < 1.29 is 4.79 Å². The molecule has 1 saturated carbocycles. The molecule has 1 aliphatic carbocycles. The van der Waals surface area contributed by atoms with Crippen molar-refractivity contribution in [2.75, 3.05) is 0 Å². The van der Waals surface area contributed by atoms with Crippen molar-refractivity contribution in [3.63, 3.8) is 0 Å². The summed E-state index contributed by atoms with van der Waals surface area (Å²) in [6.45, 7) is 0. The molecule has 0 atom stereocenters. The van der Waals surface area contributed by atoms with Crippen LogP contribution in [-0.4, -0.2) is 11.7 Å². The summed E-state index contributed by atoms with van der Waals surface area (Å²) >= 11 is 0. The lowest BCUT2D eigenvalue weighted by atomic mass is 9.88. The number of carbonyl (C=O) groups is 1. The first-order valence-electron chi connectivity index (χ1n) is 6.41. The number of aliphatic imine (C=N–C) groups is 1. The number of hydrogen-bond donors (Lipinski definition) is 2. The molecule has 1 aliphatic rings. The molecule has 0 aliphatic heterocycles. The van der Waals surface area contributed by atoms with E-state index in [1.54, 1.807) is 18.2 Å². The molecule has 0 heterocycles. The van der Waals surface area contributed by atoms with Gasteiger partial charge in [-0.25, -0.2) is 4.99 Å². The third-order valence-corrected chi connectivity index (χ3v) is 3.41. The highest BCUT2D eigenvalue weighted by Crippen LogP contribution is 2.25. The Labute approximate surface area is 107 Å². The molecular formula is C14H19N3O. The predicted octanol–water partition coefficient (Wildman–Crippen LogP) is 2.35. The van der Waals surface area contributed by atoms with E-state index in [1.807, 2.05) is 6.07 Å². The zero-order valence-corrected chi connectivity index (χ0v) is 10.4. The first kappa shape index (κ1) is 12.6. The number of nitrogens with zero attached hydrogens (tertiary/aromatic N) is 1. The Morgan fingerprint density at radius 2 is 1.89 bits per heavy atom. The van der Waals surface area contributed by atoms with E-state index in [0.29, 0.717) is 23.0 Å². The number of rotatable bonds is 3. The summed E-state index contributed by atoms with van der Waals surface area (Å²) in [6, 6.07) is 6.96. The van der Waals surface area contributed by atoms with Crippen LogP contribution in [0.1, 0.15) is 42.5 Å². The van der Waals surface area contributed by atoms with Crippen LogP contribution in [0.25, 0.3) is 0 Å². The van der Waals surface area contributed by atoms with Gasteiger partial charge in [0, 0.05) is 11.5 Å². The maximum atomic E-state index is 11.1. The Kier molecular flexibility index (Phi) is 3.97. The molecule has 0 saturated heterocycles. The fourth-order valence-corrected chi connectivity index (χ4v) is 2.37. The highest BCUT2D eigenvalue weighted by molar-refractivity contribution is 5.94. The molecule has 1 amide bonds. The van der Waals surface area contributed by atoms with Gasteiger partial charge in [0.2, 0.25) is 5.91 Å². The molecule has 0 spiro atoms. The van der Waals surface area contributed by atoms with Gasteiger partial charge >= 0.3 is 0 Å². The van der Waals surface area contributed by atoms with Crippen LogP contribution in [0.4, 0.5) is 5.69 Å². The van der Waals surface area contributed by atoms with Crippen LogP contribution in [0.15, 0.2) is 29.3 Å². The van der Waals surface area contributed by atoms with E-state index in [0.717, 1.165) is 12.8 Å². The van der Waals surface area contributed by atoms with Gasteiger partial charge in [-0.1, -0.05) is 25.3 Å². The van der Waals surface area contributed by atoms with Crippen LogP contribution >= 0.6 is 0 Å². The van der Waals surface area contributed by atoms with Crippen LogP contribution in [0.5, 0.6) is 0 Å². The molecule has 4 nitrogen and oxygen atoms in total. The third-order valence-electron chi connectivity index (χ3n) is 3.41. The largest absolute Gasteiger partial charge is 0.387 e. The molecule has 1 aromatic carbocycles. The second kappa shape index (κ2) is 5.67. The standard InChI is InChI=1S/C14H19N3O/c15-13(10-5-2-1-3-6-10)17-12-8-4-7-11(9-12)14(16)18/h4,7-10H,1-3,5-6H2,(H2,15,17)(H2,16,18). The van der Waals surface area contributed by atoms with Gasteiger partial charge in [-0.05, 0) is 31.0 Å². The van der Waals surface area contributed by atoms with E-state index in [2.05, 4.69) is 4.99 Å². The van der Waals surface area contributed by atoms with E-state index in [-0.39, 0.29) is 0 Å². The molecule has 0 radical (unpaired) electrons. The van der Waals surface area contributed by atoms with Gasteiger partial charge in [0.05, 0.1) is 5.69 Å². The van der Waals surface area contributed by atoms with Gasteiger partial charge in [0.1, 0.15) is 5.84 Å². The van der Waals surface area contributed by atoms with Crippen LogP contribution < -0.4 is 11.5 Å². The summed E-state index contributed by atoms with van der Waals surface area (Å²) in [6.07, 6.45) is 5.97. The first-order chi connectivity index (χ1) is 8.66. The van der Waals surface area contributed by atoms with Crippen molar-refractivity contribution in [1.82, 2.24) is 0 Å². The van der Waals surface area contributed by atoms with Gasteiger partial charge in [0.25, 0.3) is 0 Å². The molecule has 96 valence electrons. The van der Waals surface area contributed by atoms with Crippen molar-refractivity contribution in [2.24, 2.45) is 22.4 Å². The Balaban J connectivity index is 2.15. The summed E-state index contributed by atoms with van der Waals surface area (Å²) in [5.74, 6) is 0.621. The maximum Gasteiger partial charge on any atom is 0.248 e. The van der Waals surface area contributed by atoms with Crippen molar-refractivity contribution >= 4 is 17.4 Å². The van der Waals surface area contributed by atoms with Gasteiger partial charge in [-0.3, -0.25) is 4.79 Å². The summed E-state index contributed by atoms with van der Waals surface area (Å²) in [4.78, 5) is 15.5. The minimum absolute atomic E-state index is 0.385. The van der Waals surface area contributed by atoms with Gasteiger partial charge in [-0.15, -0.1) is 0 Å². The summed E-state index contributed by atoms with van der Waals surface area (Å²) in [5, 5.41) is 0. The van der Waals surface area contributed by atoms with Gasteiger partial charge in [-0.2, -0.15) is 0 Å². The minimum atomic E-state index is -0.441. The molecule has 4 heteroatoms. The average molecular weight is 245 g/mol. The summed E-state index contributed by atoms with van der Waals surface area (Å²) in [5.41, 5.74) is 12.4. The van der Waals surface area contributed by atoms with Crippen LogP contribution in [0.3, 0.4) is 0 Å². The second-order valence-corrected chi connectivity index (χ2v) is 4.79. The first-order valence-corrected chi connectivity index (χ1v) is 6.41. The quantitative estimate of drug-likeness (QED) is 0.633. The molecule has 0 bridgehead atoms. The molecule has 4 N–H and O–H groups in total. The Bertz CT molecular complexity index is 462. The molecule has 1 aromatic rings. The number of carbonyl (C=O) groups excluding carboxylic acids is 1. The lowest BCUT2D eigenvalue weighted by molar-refractivity contribution is 0.100. The van der Waals surface area contributed by atoms with E-state index >= 15 is 0 Å². The summed E-state index contributed by atoms with van der Waals surface area (Å²) in [7, 11) is 0. The SMILES string of the molecule is NC(=O)c1cccc(N=C(N)C2CCCCC2)c1. The molecule has 1 fully saturated rings. The smallest absolute Gasteiger partial charge is 0.248 e. The molecule has 0 aromatic heterocycles. The van der Waals surface area contributed by atoms with Crippen molar-refractivity contribution in [1.29, 1.82) is 0 Å². The lowest BCUT2D eigenvalue weighted by Gasteiger charge is -2.20. The monoisotopic (exact) mass is 245 g/mol. The van der Waals surface area contributed by atoms with E-state index < -0.39 is 5.91 Å².